The first-order valence-corrected chi connectivity index (χ1v) is 6.11. The number of aromatic nitrogens is 2. The standard InChI is InChI=1S/C12H16N2O3/c15-11(16)5-8-4-9-12(10-2-1-3-17-10)13-7-14(9)6-8/h7-8,10H,1-6H2,(H,15,16). The molecule has 2 aliphatic heterocycles. The molecule has 0 spiro atoms. The zero-order valence-corrected chi connectivity index (χ0v) is 9.63. The predicted molar refractivity (Wildman–Crippen MR) is 59.6 cm³/mol. The Labute approximate surface area is 99.4 Å². The van der Waals surface area contributed by atoms with Gasteiger partial charge in [0.2, 0.25) is 0 Å². The second-order valence-corrected chi connectivity index (χ2v) is 4.90. The summed E-state index contributed by atoms with van der Waals surface area (Å²) in [5, 5.41) is 8.82. The Bertz CT molecular complexity index is 435. The van der Waals surface area contributed by atoms with E-state index in [9.17, 15) is 4.79 Å². The molecule has 2 atom stereocenters. The van der Waals surface area contributed by atoms with E-state index in [-0.39, 0.29) is 18.4 Å². The van der Waals surface area contributed by atoms with E-state index in [2.05, 4.69) is 9.55 Å². The van der Waals surface area contributed by atoms with Crippen molar-refractivity contribution in [2.24, 2.45) is 5.92 Å². The van der Waals surface area contributed by atoms with Gasteiger partial charge in [-0.1, -0.05) is 0 Å². The summed E-state index contributed by atoms with van der Waals surface area (Å²) in [5.41, 5.74) is 2.22. The van der Waals surface area contributed by atoms with Crippen molar-refractivity contribution in [1.29, 1.82) is 0 Å². The Morgan fingerprint density at radius 3 is 3.24 bits per heavy atom. The molecule has 0 aromatic carbocycles. The van der Waals surface area contributed by atoms with Crippen LogP contribution in [0, 0.1) is 5.92 Å². The highest BCUT2D eigenvalue weighted by Crippen LogP contribution is 2.34. The van der Waals surface area contributed by atoms with E-state index in [1.807, 2.05) is 6.33 Å². The fraction of sp³-hybridized carbons (Fsp3) is 0.667. The Kier molecular flexibility index (Phi) is 2.63. The zero-order valence-electron chi connectivity index (χ0n) is 9.63. The number of ether oxygens (including phenoxy) is 1. The van der Waals surface area contributed by atoms with Crippen molar-refractivity contribution in [2.45, 2.75) is 38.3 Å². The number of carbonyl (C=O) groups is 1. The molecule has 1 N–H and O–H groups in total. The highest BCUT2D eigenvalue weighted by molar-refractivity contribution is 5.67. The van der Waals surface area contributed by atoms with Crippen molar-refractivity contribution >= 4 is 5.97 Å². The Balaban J connectivity index is 1.76. The van der Waals surface area contributed by atoms with Crippen LogP contribution in [0.15, 0.2) is 6.33 Å². The zero-order chi connectivity index (χ0) is 11.8. The van der Waals surface area contributed by atoms with Crippen LogP contribution in [0.1, 0.15) is 36.8 Å². The highest BCUT2D eigenvalue weighted by Gasteiger charge is 2.31. The van der Waals surface area contributed by atoms with Gasteiger partial charge >= 0.3 is 5.97 Å². The maximum atomic E-state index is 10.7. The lowest BCUT2D eigenvalue weighted by Gasteiger charge is -2.08. The van der Waals surface area contributed by atoms with Crippen molar-refractivity contribution in [3.63, 3.8) is 0 Å². The average Bonchev–Trinajstić information content (AvgIpc) is 2.89. The largest absolute Gasteiger partial charge is 0.481 e. The topological polar surface area (TPSA) is 64.3 Å². The minimum atomic E-state index is -0.715. The summed E-state index contributed by atoms with van der Waals surface area (Å²) in [6, 6.07) is 0. The van der Waals surface area contributed by atoms with Crippen molar-refractivity contribution in [3.8, 4) is 0 Å². The van der Waals surface area contributed by atoms with Gasteiger partial charge in [-0.05, 0) is 25.2 Å². The lowest BCUT2D eigenvalue weighted by molar-refractivity contribution is -0.138. The molecule has 0 bridgehead atoms. The molecule has 1 saturated heterocycles. The fourth-order valence-corrected chi connectivity index (χ4v) is 2.86. The smallest absolute Gasteiger partial charge is 0.303 e. The summed E-state index contributed by atoms with van der Waals surface area (Å²) in [5.74, 6) is -0.502. The van der Waals surface area contributed by atoms with Crippen LogP contribution in [-0.2, 0) is 22.5 Å². The normalized spacial score (nSPS) is 27.3. The Morgan fingerprint density at radius 1 is 1.65 bits per heavy atom. The average molecular weight is 236 g/mol. The molecule has 0 amide bonds. The monoisotopic (exact) mass is 236 g/mol. The van der Waals surface area contributed by atoms with Crippen LogP contribution in [0.5, 0.6) is 0 Å². The molecule has 92 valence electrons. The van der Waals surface area contributed by atoms with E-state index in [0.717, 1.165) is 38.1 Å². The molecule has 5 heteroatoms. The number of hydrogen-bond acceptors (Lipinski definition) is 3. The third-order valence-corrected chi connectivity index (χ3v) is 3.61. The molecular formula is C12H16N2O3. The molecule has 0 radical (unpaired) electrons. The number of carboxylic acid groups (broad SMARTS) is 1. The maximum Gasteiger partial charge on any atom is 0.303 e. The third-order valence-electron chi connectivity index (χ3n) is 3.61. The summed E-state index contributed by atoms with van der Waals surface area (Å²) in [4.78, 5) is 15.1. The highest BCUT2D eigenvalue weighted by atomic mass is 16.5. The first kappa shape index (κ1) is 10.8. The predicted octanol–water partition coefficient (Wildman–Crippen LogP) is 1.38. The Hall–Kier alpha value is -1.36. The van der Waals surface area contributed by atoms with Crippen LogP contribution in [0.3, 0.4) is 0 Å². The summed E-state index contributed by atoms with van der Waals surface area (Å²) >= 11 is 0. The van der Waals surface area contributed by atoms with Crippen LogP contribution in [0.2, 0.25) is 0 Å². The van der Waals surface area contributed by atoms with Gasteiger partial charge < -0.3 is 14.4 Å². The van der Waals surface area contributed by atoms with Gasteiger partial charge in [0.25, 0.3) is 0 Å². The molecule has 0 aliphatic carbocycles. The van der Waals surface area contributed by atoms with Gasteiger partial charge in [0.15, 0.2) is 0 Å². The number of nitrogens with zero attached hydrogens (tertiary/aromatic N) is 2. The quantitative estimate of drug-likeness (QED) is 0.861. The van der Waals surface area contributed by atoms with Crippen LogP contribution in [0.25, 0.3) is 0 Å². The molecule has 17 heavy (non-hydrogen) atoms. The van der Waals surface area contributed by atoms with Crippen LogP contribution < -0.4 is 0 Å². The summed E-state index contributed by atoms with van der Waals surface area (Å²) in [7, 11) is 0. The number of imidazole rings is 1. The van der Waals surface area contributed by atoms with Crippen LogP contribution >= 0.6 is 0 Å². The molecule has 3 heterocycles. The molecule has 5 nitrogen and oxygen atoms in total. The number of hydrogen-bond donors (Lipinski definition) is 1. The van der Waals surface area contributed by atoms with Crippen LogP contribution in [-0.4, -0.2) is 27.2 Å². The molecule has 3 rings (SSSR count). The summed E-state index contributed by atoms with van der Waals surface area (Å²) < 4.78 is 7.73. The second kappa shape index (κ2) is 4.14. The minimum Gasteiger partial charge on any atom is -0.481 e. The van der Waals surface area contributed by atoms with E-state index >= 15 is 0 Å². The number of fused-ring (bicyclic) bond motifs is 1. The molecule has 2 unspecified atom stereocenters. The van der Waals surface area contributed by atoms with E-state index in [1.54, 1.807) is 0 Å². The number of rotatable bonds is 3. The lowest BCUT2D eigenvalue weighted by Crippen LogP contribution is -2.09. The van der Waals surface area contributed by atoms with Gasteiger partial charge in [-0.2, -0.15) is 0 Å². The van der Waals surface area contributed by atoms with Gasteiger partial charge in [0.05, 0.1) is 18.4 Å². The molecule has 0 saturated carbocycles. The van der Waals surface area contributed by atoms with Crippen molar-refractivity contribution < 1.29 is 14.6 Å². The first-order valence-electron chi connectivity index (χ1n) is 6.11. The molecular weight excluding hydrogens is 220 g/mol. The minimum absolute atomic E-state index is 0.134. The molecule has 2 aliphatic rings. The van der Waals surface area contributed by atoms with Gasteiger partial charge in [0.1, 0.15) is 6.10 Å². The second-order valence-electron chi connectivity index (χ2n) is 4.90. The fourth-order valence-electron chi connectivity index (χ4n) is 2.86. The molecule has 1 fully saturated rings. The van der Waals surface area contributed by atoms with E-state index in [0.29, 0.717) is 0 Å². The molecule has 1 aromatic rings. The van der Waals surface area contributed by atoms with Gasteiger partial charge in [0, 0.05) is 18.8 Å². The van der Waals surface area contributed by atoms with E-state index in [1.165, 1.54) is 5.69 Å². The van der Waals surface area contributed by atoms with Crippen molar-refractivity contribution in [3.05, 3.63) is 17.7 Å². The SMILES string of the molecule is O=C(O)CC1Cc2c(C3CCCO3)ncn2C1. The lowest BCUT2D eigenvalue weighted by atomic mass is 10.0. The number of carboxylic acids is 1. The Morgan fingerprint density at radius 2 is 2.53 bits per heavy atom. The van der Waals surface area contributed by atoms with Crippen molar-refractivity contribution in [2.75, 3.05) is 6.61 Å². The van der Waals surface area contributed by atoms with Gasteiger partial charge in [-0.15, -0.1) is 0 Å². The number of aliphatic carboxylic acids is 1. The molecule has 1 aromatic heterocycles. The van der Waals surface area contributed by atoms with Crippen LogP contribution in [0.4, 0.5) is 0 Å². The van der Waals surface area contributed by atoms with Gasteiger partial charge in [-0.25, -0.2) is 4.98 Å². The van der Waals surface area contributed by atoms with E-state index in [4.69, 9.17) is 9.84 Å². The summed E-state index contributed by atoms with van der Waals surface area (Å²) in [6.45, 7) is 1.59. The summed E-state index contributed by atoms with van der Waals surface area (Å²) in [6.07, 6.45) is 5.15. The van der Waals surface area contributed by atoms with Crippen molar-refractivity contribution in [1.82, 2.24) is 9.55 Å². The first-order chi connectivity index (χ1) is 8.24. The van der Waals surface area contributed by atoms with E-state index < -0.39 is 5.97 Å². The maximum absolute atomic E-state index is 10.7. The van der Waals surface area contributed by atoms with Gasteiger partial charge in [-0.3, -0.25) is 4.79 Å². The third kappa shape index (κ3) is 1.95.